The van der Waals surface area contributed by atoms with Crippen molar-refractivity contribution >= 4 is 44.0 Å². The van der Waals surface area contributed by atoms with E-state index < -0.39 is 0 Å². The number of halogens is 2. The van der Waals surface area contributed by atoms with Gasteiger partial charge in [0.05, 0.1) is 26.0 Å². The number of amides is 1. The quantitative estimate of drug-likeness (QED) is 0.563. The molecule has 0 saturated carbocycles. The maximum Gasteiger partial charge on any atom is 0.275 e. The van der Waals surface area contributed by atoms with Gasteiger partial charge in [0.15, 0.2) is 0 Å². The van der Waals surface area contributed by atoms with Crippen molar-refractivity contribution in [1.82, 2.24) is 5.43 Å². The first kappa shape index (κ1) is 17.5. The summed E-state index contributed by atoms with van der Waals surface area (Å²) in [6.07, 6.45) is 1.52. The third-order valence-electron chi connectivity index (χ3n) is 2.97. The van der Waals surface area contributed by atoms with Crippen LogP contribution in [0.15, 0.2) is 50.4 Å². The molecule has 0 fully saturated rings. The largest absolute Gasteiger partial charge is 0.496 e. The minimum Gasteiger partial charge on any atom is -0.496 e. The predicted octanol–water partition coefficient (Wildman–Crippen LogP) is 3.99. The molecule has 0 unspecified atom stereocenters. The van der Waals surface area contributed by atoms with Gasteiger partial charge in [-0.2, -0.15) is 5.10 Å². The van der Waals surface area contributed by atoms with E-state index in [1.165, 1.54) is 13.3 Å². The molecule has 0 aromatic heterocycles. The first-order valence-electron chi connectivity index (χ1n) is 6.55. The molecular weight excluding hydrogens is 428 g/mol. The fourth-order valence-corrected chi connectivity index (χ4v) is 2.62. The number of hydrazone groups is 1. The Morgan fingerprint density at radius 3 is 2.30 bits per heavy atom. The van der Waals surface area contributed by atoms with Crippen LogP contribution < -0.4 is 14.9 Å². The SMILES string of the molecule is COc1ccc(Br)cc1C=NNC(=O)c1cc(Br)ccc1OC. The topological polar surface area (TPSA) is 59.9 Å². The van der Waals surface area contributed by atoms with Gasteiger partial charge in [-0.1, -0.05) is 31.9 Å². The summed E-state index contributed by atoms with van der Waals surface area (Å²) in [7, 11) is 3.08. The standard InChI is InChI=1S/C16H14Br2N2O3/c1-22-14-5-3-11(17)7-10(14)9-19-20-16(21)13-8-12(18)4-6-15(13)23-2/h3-9H,1-2H3,(H,20,21). The molecule has 0 spiro atoms. The highest BCUT2D eigenvalue weighted by atomic mass is 79.9. The van der Waals surface area contributed by atoms with Crippen LogP contribution in [0.25, 0.3) is 0 Å². The van der Waals surface area contributed by atoms with Gasteiger partial charge in [-0.15, -0.1) is 0 Å². The van der Waals surface area contributed by atoms with Crippen LogP contribution in [0.3, 0.4) is 0 Å². The second-order valence-corrected chi connectivity index (χ2v) is 6.26. The molecule has 2 aromatic carbocycles. The first-order chi connectivity index (χ1) is 11.0. The van der Waals surface area contributed by atoms with E-state index in [1.54, 1.807) is 25.3 Å². The zero-order valence-electron chi connectivity index (χ0n) is 12.5. The Kier molecular flexibility index (Phi) is 6.18. The summed E-state index contributed by atoms with van der Waals surface area (Å²) in [5.74, 6) is 0.764. The molecule has 120 valence electrons. The van der Waals surface area contributed by atoms with Gasteiger partial charge in [-0.25, -0.2) is 5.43 Å². The third kappa shape index (κ3) is 4.56. The lowest BCUT2D eigenvalue weighted by atomic mass is 10.2. The molecule has 5 nitrogen and oxygen atoms in total. The second-order valence-electron chi connectivity index (χ2n) is 4.43. The summed E-state index contributed by atoms with van der Waals surface area (Å²) in [5.41, 5.74) is 3.61. The van der Waals surface area contributed by atoms with Crippen molar-refractivity contribution in [2.75, 3.05) is 14.2 Å². The highest BCUT2D eigenvalue weighted by molar-refractivity contribution is 9.10. The number of benzene rings is 2. The van der Waals surface area contributed by atoms with Crippen molar-refractivity contribution in [3.8, 4) is 11.5 Å². The van der Waals surface area contributed by atoms with Gasteiger partial charge in [0.25, 0.3) is 5.91 Å². The molecule has 1 amide bonds. The minimum absolute atomic E-state index is 0.367. The normalized spacial score (nSPS) is 10.6. The average molecular weight is 442 g/mol. The maximum atomic E-state index is 12.2. The summed E-state index contributed by atoms with van der Waals surface area (Å²) < 4.78 is 12.1. The Bertz CT molecular complexity index is 748. The number of nitrogens with one attached hydrogen (secondary N) is 1. The molecule has 1 N–H and O–H groups in total. The van der Waals surface area contributed by atoms with Crippen LogP contribution in [0.2, 0.25) is 0 Å². The van der Waals surface area contributed by atoms with Crippen molar-refractivity contribution < 1.29 is 14.3 Å². The van der Waals surface area contributed by atoms with Gasteiger partial charge in [0.1, 0.15) is 11.5 Å². The molecule has 0 radical (unpaired) electrons. The Balaban J connectivity index is 2.16. The van der Waals surface area contributed by atoms with E-state index in [2.05, 4.69) is 42.4 Å². The fraction of sp³-hybridized carbons (Fsp3) is 0.125. The van der Waals surface area contributed by atoms with Crippen molar-refractivity contribution in [1.29, 1.82) is 0 Å². The van der Waals surface area contributed by atoms with Crippen molar-refractivity contribution in [2.24, 2.45) is 5.10 Å². The van der Waals surface area contributed by atoms with Crippen molar-refractivity contribution in [3.05, 3.63) is 56.5 Å². The molecule has 0 heterocycles. The van der Waals surface area contributed by atoms with Gasteiger partial charge in [-0.3, -0.25) is 4.79 Å². The Hall–Kier alpha value is -1.86. The molecule has 0 aliphatic heterocycles. The number of hydrogen-bond acceptors (Lipinski definition) is 4. The van der Waals surface area contributed by atoms with Crippen molar-refractivity contribution in [3.63, 3.8) is 0 Å². The Morgan fingerprint density at radius 1 is 1.04 bits per heavy atom. The van der Waals surface area contributed by atoms with Gasteiger partial charge < -0.3 is 9.47 Å². The molecule has 2 rings (SSSR count). The van der Waals surface area contributed by atoms with Crippen LogP contribution in [0.5, 0.6) is 11.5 Å². The first-order valence-corrected chi connectivity index (χ1v) is 8.14. The molecule has 0 saturated heterocycles. The fourth-order valence-electron chi connectivity index (χ4n) is 1.88. The maximum absolute atomic E-state index is 12.2. The summed E-state index contributed by atoms with van der Waals surface area (Å²) in [5, 5.41) is 3.98. The van der Waals surface area contributed by atoms with E-state index in [9.17, 15) is 4.79 Å². The summed E-state index contributed by atoms with van der Waals surface area (Å²) in [4.78, 5) is 12.2. The molecular formula is C16H14Br2N2O3. The second kappa shape index (κ2) is 8.12. The van der Waals surface area contributed by atoms with Crippen LogP contribution in [0, 0.1) is 0 Å². The minimum atomic E-state index is -0.367. The Labute approximate surface area is 150 Å². The monoisotopic (exact) mass is 440 g/mol. The summed E-state index contributed by atoms with van der Waals surface area (Å²) in [6.45, 7) is 0. The number of nitrogens with zero attached hydrogens (tertiary/aromatic N) is 1. The lowest BCUT2D eigenvalue weighted by Gasteiger charge is -2.07. The van der Waals surface area contributed by atoms with E-state index in [0.29, 0.717) is 17.1 Å². The zero-order valence-corrected chi connectivity index (χ0v) is 15.6. The van der Waals surface area contributed by atoms with Crippen molar-refractivity contribution in [2.45, 2.75) is 0 Å². The van der Waals surface area contributed by atoms with Gasteiger partial charge in [0, 0.05) is 14.5 Å². The van der Waals surface area contributed by atoms with Crippen LogP contribution in [0.1, 0.15) is 15.9 Å². The molecule has 0 aliphatic carbocycles. The van der Waals surface area contributed by atoms with Crippen LogP contribution in [-0.2, 0) is 0 Å². The molecule has 7 heteroatoms. The number of carbonyl (C=O) groups excluding carboxylic acids is 1. The number of ether oxygens (including phenoxy) is 2. The highest BCUT2D eigenvalue weighted by Crippen LogP contribution is 2.23. The summed E-state index contributed by atoms with van der Waals surface area (Å²) >= 11 is 6.71. The molecule has 0 aliphatic rings. The predicted molar refractivity (Wildman–Crippen MR) is 96.4 cm³/mol. The van der Waals surface area contributed by atoms with E-state index in [0.717, 1.165) is 14.5 Å². The number of hydrogen-bond donors (Lipinski definition) is 1. The molecule has 23 heavy (non-hydrogen) atoms. The number of carbonyl (C=O) groups is 1. The van der Waals surface area contributed by atoms with Gasteiger partial charge >= 0.3 is 0 Å². The zero-order chi connectivity index (χ0) is 16.8. The molecule has 0 atom stereocenters. The Morgan fingerprint density at radius 2 is 1.65 bits per heavy atom. The van der Waals surface area contributed by atoms with E-state index in [4.69, 9.17) is 9.47 Å². The number of rotatable bonds is 5. The average Bonchev–Trinajstić information content (AvgIpc) is 2.55. The van der Waals surface area contributed by atoms with E-state index in [1.807, 2.05) is 18.2 Å². The smallest absolute Gasteiger partial charge is 0.275 e. The van der Waals surface area contributed by atoms with Gasteiger partial charge in [-0.05, 0) is 36.4 Å². The lowest BCUT2D eigenvalue weighted by molar-refractivity contribution is 0.0952. The molecule has 0 bridgehead atoms. The molecule has 2 aromatic rings. The number of methoxy groups -OCH3 is 2. The third-order valence-corrected chi connectivity index (χ3v) is 3.95. The van der Waals surface area contributed by atoms with Crippen LogP contribution >= 0.6 is 31.9 Å². The summed E-state index contributed by atoms with van der Waals surface area (Å²) in [6, 6.07) is 10.7. The van der Waals surface area contributed by atoms with Crippen LogP contribution in [0.4, 0.5) is 0 Å². The lowest BCUT2D eigenvalue weighted by Crippen LogP contribution is -2.18. The van der Waals surface area contributed by atoms with E-state index in [-0.39, 0.29) is 5.91 Å². The van der Waals surface area contributed by atoms with Gasteiger partial charge in [0.2, 0.25) is 0 Å². The highest BCUT2D eigenvalue weighted by Gasteiger charge is 2.12. The van der Waals surface area contributed by atoms with Crippen LogP contribution in [-0.4, -0.2) is 26.3 Å². The van der Waals surface area contributed by atoms with E-state index >= 15 is 0 Å².